The maximum atomic E-state index is 12.9. The average Bonchev–Trinajstić information content (AvgIpc) is 2.66. The molecule has 30 heavy (non-hydrogen) atoms. The predicted octanol–water partition coefficient (Wildman–Crippen LogP) is 4.51. The van der Waals surface area contributed by atoms with Gasteiger partial charge in [-0.15, -0.1) is 4.72 Å². The molecule has 0 aliphatic heterocycles. The van der Waals surface area contributed by atoms with Crippen LogP contribution in [0.5, 0.6) is 5.75 Å². The Labute approximate surface area is 177 Å². The van der Waals surface area contributed by atoms with Crippen molar-refractivity contribution in [3.05, 3.63) is 59.7 Å². The molecular weight excluding hydrogens is 417 g/mol. The van der Waals surface area contributed by atoms with Crippen LogP contribution in [0.2, 0.25) is 0 Å². The number of alkyl halides is 3. The molecule has 0 aliphatic rings. The summed E-state index contributed by atoms with van der Waals surface area (Å²) >= 11 is -1.49. The Morgan fingerprint density at radius 3 is 2.10 bits per heavy atom. The van der Waals surface area contributed by atoms with Crippen molar-refractivity contribution in [1.29, 1.82) is 0 Å². The third-order valence-electron chi connectivity index (χ3n) is 4.48. The summed E-state index contributed by atoms with van der Waals surface area (Å²) in [6.45, 7) is 7.21. The second-order valence-electron chi connectivity index (χ2n) is 7.87. The lowest BCUT2D eigenvalue weighted by molar-refractivity contribution is -0.167. The molecule has 0 aromatic heterocycles. The molecule has 0 fully saturated rings. The Kier molecular flexibility index (Phi) is 7.11. The van der Waals surface area contributed by atoms with Gasteiger partial charge in [0.15, 0.2) is 0 Å². The van der Waals surface area contributed by atoms with Gasteiger partial charge in [-0.05, 0) is 63.1 Å². The van der Waals surface area contributed by atoms with Crippen molar-refractivity contribution in [3.63, 3.8) is 0 Å². The molecule has 2 N–H and O–H groups in total. The van der Waals surface area contributed by atoms with Crippen LogP contribution >= 0.6 is 0 Å². The summed E-state index contributed by atoms with van der Waals surface area (Å²) in [6, 6.07) is 13.1. The molecule has 9 heteroatoms. The highest BCUT2D eigenvalue weighted by atomic mass is 32.2. The summed E-state index contributed by atoms with van der Waals surface area (Å²) < 4.78 is 58.5. The summed E-state index contributed by atoms with van der Waals surface area (Å²) in [7, 11) is 1.54. The number of rotatable bonds is 6. The molecule has 0 heterocycles. The van der Waals surface area contributed by atoms with E-state index in [-0.39, 0.29) is 5.69 Å². The van der Waals surface area contributed by atoms with Gasteiger partial charge in [-0.1, -0.05) is 24.3 Å². The standard InChI is InChI=1S/C21H25F3N2O3S/c1-19(2,3)30(28)26-20(4,14-9-11-17(29-5)12-10-14)15-7-6-8-16(13-15)25-18(27)21(22,23)24/h6-13,26H,1-5H3,(H,25,27). The average molecular weight is 443 g/mol. The van der Waals surface area contributed by atoms with Gasteiger partial charge >= 0.3 is 12.1 Å². The Morgan fingerprint density at radius 1 is 1.00 bits per heavy atom. The van der Waals surface area contributed by atoms with Crippen molar-refractivity contribution in [2.75, 3.05) is 12.4 Å². The number of hydrogen-bond acceptors (Lipinski definition) is 4. The zero-order valence-electron chi connectivity index (χ0n) is 17.4. The summed E-state index contributed by atoms with van der Waals surface area (Å²) in [4.78, 5) is 11.3. The first kappa shape index (κ1) is 24.0. The highest BCUT2D eigenvalue weighted by molar-refractivity contribution is 7.90. The van der Waals surface area contributed by atoms with Crippen molar-refractivity contribution < 1.29 is 27.3 Å². The maximum absolute atomic E-state index is 12.9. The third kappa shape index (κ3) is 5.68. The number of nitrogens with one attached hydrogen (secondary N) is 2. The lowest BCUT2D eigenvalue weighted by Gasteiger charge is -2.36. The fourth-order valence-corrected chi connectivity index (χ4v) is 3.57. The fourth-order valence-electron chi connectivity index (χ4n) is 2.66. The number of hydrogen-bond donors (Lipinski definition) is 2. The minimum absolute atomic E-state index is 0.0158. The van der Waals surface area contributed by atoms with Crippen LogP contribution in [0, 0.1) is 0 Å². The van der Waals surface area contributed by atoms with Crippen LogP contribution in [-0.2, 0) is 21.7 Å². The normalized spacial score (nSPS) is 15.2. The molecule has 2 rings (SSSR count). The van der Waals surface area contributed by atoms with Gasteiger partial charge in [0.05, 0.1) is 7.11 Å². The monoisotopic (exact) mass is 442 g/mol. The number of halogens is 3. The Balaban J connectivity index is 2.51. The molecule has 2 atom stereocenters. The van der Waals surface area contributed by atoms with Crippen molar-refractivity contribution in [2.45, 2.75) is 44.2 Å². The Bertz CT molecular complexity index is 882. The first-order valence-corrected chi connectivity index (χ1v) is 10.3. The second kappa shape index (κ2) is 8.87. The van der Waals surface area contributed by atoms with E-state index < -0.39 is 33.7 Å². The number of methoxy groups -OCH3 is 1. The molecular formula is C21H25F3N2O3S. The Hall–Kier alpha value is -2.23. The fraction of sp³-hybridized carbons (Fsp3) is 0.381. The number of amides is 1. The van der Waals surface area contributed by atoms with Crippen LogP contribution in [-0.4, -0.2) is 28.5 Å². The van der Waals surface area contributed by atoms with Gasteiger partial charge in [0.2, 0.25) is 0 Å². The summed E-state index contributed by atoms with van der Waals surface area (Å²) in [5.74, 6) is -1.43. The van der Waals surface area contributed by atoms with Gasteiger partial charge in [0.25, 0.3) is 0 Å². The van der Waals surface area contributed by atoms with Crippen LogP contribution in [0.15, 0.2) is 48.5 Å². The minimum Gasteiger partial charge on any atom is -0.598 e. The van der Waals surface area contributed by atoms with Crippen molar-refractivity contribution in [2.24, 2.45) is 0 Å². The lowest BCUT2D eigenvalue weighted by atomic mass is 9.85. The smallest absolute Gasteiger partial charge is 0.471 e. The van der Waals surface area contributed by atoms with Crippen LogP contribution in [0.4, 0.5) is 18.9 Å². The maximum Gasteiger partial charge on any atom is 0.471 e. The number of benzene rings is 2. The van der Waals surface area contributed by atoms with Crippen LogP contribution in [0.25, 0.3) is 0 Å². The van der Waals surface area contributed by atoms with E-state index >= 15 is 0 Å². The van der Waals surface area contributed by atoms with E-state index in [4.69, 9.17) is 4.74 Å². The van der Waals surface area contributed by atoms with Gasteiger partial charge < -0.3 is 14.6 Å². The highest BCUT2D eigenvalue weighted by Crippen LogP contribution is 2.34. The molecule has 2 aromatic carbocycles. The molecule has 0 bridgehead atoms. The van der Waals surface area contributed by atoms with Gasteiger partial charge in [-0.25, -0.2) is 0 Å². The van der Waals surface area contributed by atoms with E-state index in [1.165, 1.54) is 25.3 Å². The summed E-state index contributed by atoms with van der Waals surface area (Å²) in [6.07, 6.45) is -5.00. The van der Waals surface area contributed by atoms with E-state index in [0.717, 1.165) is 5.56 Å². The molecule has 0 saturated heterocycles. The van der Waals surface area contributed by atoms with Crippen molar-refractivity contribution in [1.82, 2.24) is 4.72 Å². The first-order valence-electron chi connectivity index (χ1n) is 9.10. The Morgan fingerprint density at radius 2 is 1.60 bits per heavy atom. The van der Waals surface area contributed by atoms with E-state index in [1.54, 1.807) is 37.3 Å². The molecule has 2 unspecified atom stereocenters. The molecule has 0 spiro atoms. The van der Waals surface area contributed by atoms with Crippen LogP contribution in [0.1, 0.15) is 38.8 Å². The van der Waals surface area contributed by atoms with Gasteiger partial charge in [-0.2, -0.15) is 13.2 Å². The zero-order valence-corrected chi connectivity index (χ0v) is 18.2. The number of anilines is 1. The summed E-state index contributed by atoms with van der Waals surface area (Å²) in [5, 5.41) is 1.86. The van der Waals surface area contributed by atoms with Gasteiger partial charge in [-0.3, -0.25) is 4.79 Å². The van der Waals surface area contributed by atoms with Crippen molar-refractivity contribution in [3.8, 4) is 5.75 Å². The second-order valence-corrected chi connectivity index (χ2v) is 9.84. The van der Waals surface area contributed by atoms with E-state index in [9.17, 15) is 22.5 Å². The first-order chi connectivity index (χ1) is 13.8. The SMILES string of the molecule is COc1ccc(C(C)(N[S+]([O-])C(C)(C)C)c2cccc(NC(=O)C(F)(F)F)c2)cc1. The molecule has 5 nitrogen and oxygen atoms in total. The number of ether oxygens (including phenoxy) is 1. The largest absolute Gasteiger partial charge is 0.598 e. The van der Waals surface area contributed by atoms with Gasteiger partial charge in [0, 0.05) is 17.0 Å². The molecule has 2 aromatic rings. The topological polar surface area (TPSA) is 73.4 Å². The molecule has 0 aliphatic carbocycles. The van der Waals surface area contributed by atoms with E-state index in [2.05, 4.69) is 4.72 Å². The third-order valence-corrected chi connectivity index (χ3v) is 6.18. The zero-order chi connectivity index (χ0) is 22.7. The van der Waals surface area contributed by atoms with Crippen LogP contribution < -0.4 is 14.8 Å². The molecule has 0 saturated carbocycles. The number of carbonyl (C=O) groups is 1. The minimum atomic E-state index is -5.00. The summed E-state index contributed by atoms with van der Waals surface area (Å²) in [5.41, 5.74) is 0.215. The molecule has 0 radical (unpaired) electrons. The predicted molar refractivity (Wildman–Crippen MR) is 112 cm³/mol. The quantitative estimate of drug-likeness (QED) is 0.646. The van der Waals surface area contributed by atoms with E-state index in [1.807, 2.05) is 26.1 Å². The number of carbonyl (C=O) groups excluding carboxylic acids is 1. The molecule has 164 valence electrons. The van der Waals surface area contributed by atoms with Crippen LogP contribution in [0.3, 0.4) is 0 Å². The molecule has 1 amide bonds. The van der Waals surface area contributed by atoms with Crippen molar-refractivity contribution >= 4 is 23.0 Å². The highest BCUT2D eigenvalue weighted by Gasteiger charge is 2.40. The van der Waals surface area contributed by atoms with E-state index in [0.29, 0.717) is 11.3 Å². The van der Waals surface area contributed by atoms with Gasteiger partial charge in [0.1, 0.15) is 16.0 Å². The lowest BCUT2D eigenvalue weighted by Crippen LogP contribution is -2.50.